The summed E-state index contributed by atoms with van der Waals surface area (Å²) in [7, 11) is 3.13. The van der Waals surface area contributed by atoms with Crippen LogP contribution < -0.4 is 15.1 Å². The quantitative estimate of drug-likeness (QED) is 0.0501. The second kappa shape index (κ2) is 25.6. The molecule has 16 nitrogen and oxygen atoms in total. The summed E-state index contributed by atoms with van der Waals surface area (Å²) in [5.74, 6) is -1.78. The van der Waals surface area contributed by atoms with Crippen molar-refractivity contribution in [3.63, 3.8) is 0 Å². The smallest absolute Gasteiger partial charge is 0.339 e. The lowest BCUT2D eigenvalue weighted by Gasteiger charge is -2.13. The molecule has 0 saturated carbocycles. The Hall–Kier alpha value is -5.35. The highest BCUT2D eigenvalue weighted by Gasteiger charge is 2.25. The Balaban J connectivity index is 0.000000434. The highest BCUT2D eigenvalue weighted by atomic mass is 16.5. The molecule has 0 fully saturated rings. The molecule has 0 saturated heterocycles. The Morgan fingerprint density at radius 3 is 1.80 bits per heavy atom. The molecule has 2 aromatic carbocycles. The molecule has 1 heterocycles. The van der Waals surface area contributed by atoms with E-state index >= 15 is 0 Å². The number of hydrogen-bond acceptors (Lipinski definition) is 16. The largest absolute Gasteiger partial charge is 0.508 e. The van der Waals surface area contributed by atoms with Gasteiger partial charge in [0.15, 0.2) is 0 Å². The number of aromatic hydroxyl groups is 3. The first-order chi connectivity index (χ1) is 25.7. The van der Waals surface area contributed by atoms with Crippen molar-refractivity contribution in [3.05, 3.63) is 51.9 Å². The number of benzene rings is 2. The minimum absolute atomic E-state index is 0.0209. The summed E-state index contributed by atoms with van der Waals surface area (Å²) < 4.78 is 40.2. The zero-order valence-corrected chi connectivity index (χ0v) is 31.9. The number of methoxy groups -OCH3 is 2. The van der Waals surface area contributed by atoms with Crippen molar-refractivity contribution in [1.29, 1.82) is 0 Å². The maximum absolute atomic E-state index is 12.2. The standard InChI is InChI=1S/C18H22O7.C11H18O5.C9H12O4/c1-4-23-16(20)6-5-13-11(2)17-14(24-8-7-22-3)9-12(19)10-15(17)25-18(13)21;1-4-15-10(13)7-6-9(8(3)12)11(14)16-5-2;1-12-2-3-13-9-5-7(10)4-8(11)6-9/h9-10,19H,4-8H2,1-3H3;9H,4-7H2,1-3H3;4-6,10-11H,2-3H2,1H3. The zero-order valence-electron chi connectivity index (χ0n) is 31.9. The van der Waals surface area contributed by atoms with Gasteiger partial charge in [-0.3, -0.25) is 19.2 Å². The van der Waals surface area contributed by atoms with Gasteiger partial charge < -0.3 is 52.9 Å². The third-order valence-corrected chi connectivity index (χ3v) is 7.19. The van der Waals surface area contributed by atoms with E-state index in [9.17, 15) is 29.1 Å². The van der Waals surface area contributed by atoms with Gasteiger partial charge in [0.25, 0.3) is 0 Å². The third-order valence-electron chi connectivity index (χ3n) is 7.19. The molecule has 300 valence electrons. The van der Waals surface area contributed by atoms with Crippen molar-refractivity contribution in [2.75, 3.05) is 60.5 Å². The number of esters is 3. The molecule has 0 aliphatic heterocycles. The first kappa shape index (κ1) is 46.7. The fraction of sp³-hybridized carbons (Fsp3) is 0.500. The van der Waals surface area contributed by atoms with Gasteiger partial charge in [-0.2, -0.15) is 0 Å². The fourth-order valence-electron chi connectivity index (χ4n) is 4.71. The molecule has 3 N–H and O–H groups in total. The summed E-state index contributed by atoms with van der Waals surface area (Å²) in [6, 6.07) is 6.91. The number of fused-ring (bicyclic) bond motifs is 1. The van der Waals surface area contributed by atoms with Gasteiger partial charge >= 0.3 is 23.5 Å². The molecule has 0 aliphatic carbocycles. The first-order valence-electron chi connectivity index (χ1n) is 17.3. The third kappa shape index (κ3) is 17.0. The molecule has 16 heteroatoms. The van der Waals surface area contributed by atoms with Crippen LogP contribution in [0.5, 0.6) is 28.7 Å². The predicted octanol–water partition coefficient (Wildman–Crippen LogP) is 4.55. The molecule has 1 atom stereocenters. The second-order valence-corrected chi connectivity index (χ2v) is 11.2. The molecule has 0 aliphatic rings. The predicted molar refractivity (Wildman–Crippen MR) is 195 cm³/mol. The van der Waals surface area contributed by atoms with Crippen molar-refractivity contribution in [2.24, 2.45) is 5.92 Å². The number of carbonyl (C=O) groups is 4. The van der Waals surface area contributed by atoms with Crippen LogP contribution >= 0.6 is 0 Å². The van der Waals surface area contributed by atoms with E-state index in [-0.39, 0.29) is 73.5 Å². The number of Topliss-reactive ketones (excluding diaryl/α,β-unsaturated/α-hetero) is 1. The van der Waals surface area contributed by atoms with E-state index in [2.05, 4.69) is 0 Å². The van der Waals surface area contributed by atoms with Crippen LogP contribution in [0.3, 0.4) is 0 Å². The number of phenols is 3. The van der Waals surface area contributed by atoms with Crippen molar-refractivity contribution in [2.45, 2.75) is 60.3 Å². The van der Waals surface area contributed by atoms with Gasteiger partial charge in [0.1, 0.15) is 59.2 Å². The topological polar surface area (TPSA) is 224 Å². The van der Waals surface area contributed by atoms with Gasteiger partial charge in [-0.1, -0.05) is 0 Å². The molecule has 0 spiro atoms. The van der Waals surface area contributed by atoms with Crippen molar-refractivity contribution >= 4 is 34.7 Å². The Kier molecular flexibility index (Phi) is 22.1. The number of aryl methyl sites for hydroxylation is 1. The lowest BCUT2D eigenvalue weighted by molar-refractivity contribution is -0.152. The van der Waals surface area contributed by atoms with Crippen LogP contribution in [0, 0.1) is 12.8 Å². The van der Waals surface area contributed by atoms with Crippen molar-refractivity contribution in [3.8, 4) is 28.7 Å². The fourth-order valence-corrected chi connectivity index (χ4v) is 4.71. The lowest BCUT2D eigenvalue weighted by Crippen LogP contribution is -2.25. The summed E-state index contributed by atoms with van der Waals surface area (Å²) in [4.78, 5) is 57.4. The molecule has 1 aromatic heterocycles. The van der Waals surface area contributed by atoms with Crippen LogP contribution in [0.4, 0.5) is 0 Å². The molecular weight excluding hydrogens is 712 g/mol. The minimum Gasteiger partial charge on any atom is -0.508 e. The molecule has 0 bridgehead atoms. The van der Waals surface area contributed by atoms with Gasteiger partial charge in [-0.15, -0.1) is 0 Å². The Bertz CT molecular complexity index is 1680. The molecule has 0 radical (unpaired) electrons. The molecular formula is C38H52O16. The van der Waals surface area contributed by atoms with Crippen LogP contribution in [-0.4, -0.2) is 99.5 Å². The Morgan fingerprint density at radius 2 is 1.26 bits per heavy atom. The van der Waals surface area contributed by atoms with E-state index < -0.39 is 23.5 Å². The van der Waals surface area contributed by atoms with Crippen molar-refractivity contribution < 1.29 is 72.1 Å². The summed E-state index contributed by atoms with van der Waals surface area (Å²) in [6.45, 7) is 10.5. The number of hydrogen-bond donors (Lipinski definition) is 3. The average molecular weight is 765 g/mol. The summed E-state index contributed by atoms with van der Waals surface area (Å²) in [5, 5.41) is 28.6. The van der Waals surface area contributed by atoms with Crippen LogP contribution in [0.15, 0.2) is 39.5 Å². The zero-order chi connectivity index (χ0) is 40.6. The average Bonchev–Trinajstić information content (AvgIpc) is 3.08. The van der Waals surface area contributed by atoms with Gasteiger partial charge in [-0.25, -0.2) is 4.79 Å². The molecule has 1 unspecified atom stereocenters. The monoisotopic (exact) mass is 764 g/mol. The van der Waals surface area contributed by atoms with E-state index in [0.717, 1.165) is 0 Å². The number of phenolic OH excluding ortho intramolecular Hbond substituents is 3. The van der Waals surface area contributed by atoms with Crippen LogP contribution in [-0.2, 0) is 49.3 Å². The highest BCUT2D eigenvalue weighted by molar-refractivity contribution is 5.98. The van der Waals surface area contributed by atoms with Gasteiger partial charge in [-0.05, 0) is 53.0 Å². The SMILES string of the molecule is CCOC(=O)CCC(C(C)=O)C(=O)OCC.CCOC(=O)CCc1c(C)c2c(OCCOC)cc(O)cc2oc1=O.COCCOc1cc(O)cc(O)c1. The summed E-state index contributed by atoms with van der Waals surface area (Å²) in [6.07, 6.45) is 0.494. The minimum atomic E-state index is -0.857. The van der Waals surface area contributed by atoms with Crippen LogP contribution in [0.25, 0.3) is 11.0 Å². The highest BCUT2D eigenvalue weighted by Crippen LogP contribution is 2.34. The van der Waals surface area contributed by atoms with Gasteiger partial charge in [0.05, 0.1) is 38.4 Å². The van der Waals surface area contributed by atoms with E-state index in [0.29, 0.717) is 61.0 Å². The van der Waals surface area contributed by atoms with E-state index in [1.165, 1.54) is 37.3 Å². The van der Waals surface area contributed by atoms with Gasteiger partial charge in [0, 0.05) is 63.0 Å². The number of ether oxygens (including phenoxy) is 7. The van der Waals surface area contributed by atoms with E-state index in [1.807, 2.05) is 0 Å². The number of carbonyl (C=O) groups excluding carboxylic acids is 4. The molecule has 3 aromatic rings. The van der Waals surface area contributed by atoms with Gasteiger partial charge in [0.2, 0.25) is 0 Å². The molecule has 3 rings (SSSR count). The summed E-state index contributed by atoms with van der Waals surface area (Å²) >= 11 is 0. The van der Waals surface area contributed by atoms with Crippen LogP contribution in [0.1, 0.15) is 58.1 Å². The Morgan fingerprint density at radius 1 is 0.722 bits per heavy atom. The maximum Gasteiger partial charge on any atom is 0.339 e. The maximum atomic E-state index is 12.2. The first-order valence-corrected chi connectivity index (χ1v) is 17.3. The normalized spacial score (nSPS) is 10.9. The number of ketones is 1. The van der Waals surface area contributed by atoms with E-state index in [1.54, 1.807) is 41.9 Å². The Labute approximate surface area is 313 Å². The molecule has 54 heavy (non-hydrogen) atoms. The van der Waals surface area contributed by atoms with Crippen LogP contribution in [0.2, 0.25) is 0 Å². The molecule has 0 amide bonds. The second-order valence-electron chi connectivity index (χ2n) is 11.2. The van der Waals surface area contributed by atoms with E-state index in [4.69, 9.17) is 47.8 Å². The van der Waals surface area contributed by atoms with Crippen molar-refractivity contribution in [1.82, 2.24) is 0 Å². The number of rotatable bonds is 19. The summed E-state index contributed by atoms with van der Waals surface area (Å²) in [5.41, 5.74) is 0.739. The lowest BCUT2D eigenvalue weighted by atomic mass is 9.99.